The van der Waals surface area contributed by atoms with E-state index < -0.39 is 0 Å². The molecule has 1 unspecified atom stereocenters. The van der Waals surface area contributed by atoms with E-state index in [1.807, 2.05) is 0 Å². The molecule has 1 saturated heterocycles. The molecule has 1 aromatic carbocycles. The van der Waals surface area contributed by atoms with Gasteiger partial charge in [-0.2, -0.15) is 0 Å². The summed E-state index contributed by atoms with van der Waals surface area (Å²) in [5, 5.41) is 6.32. The van der Waals surface area contributed by atoms with Crippen LogP contribution in [0.25, 0.3) is 0 Å². The van der Waals surface area contributed by atoms with Crippen LogP contribution in [-0.2, 0) is 11.3 Å². The normalized spacial score (nSPS) is 20.3. The molecule has 1 amide bonds. The number of benzene rings is 1. The van der Waals surface area contributed by atoms with Crippen molar-refractivity contribution in [2.75, 3.05) is 6.54 Å². The highest BCUT2D eigenvalue weighted by Crippen LogP contribution is 2.10. The molecule has 1 aliphatic heterocycles. The first-order valence-electron chi connectivity index (χ1n) is 6.73. The summed E-state index contributed by atoms with van der Waals surface area (Å²) in [6.07, 6.45) is 3.15. The van der Waals surface area contributed by atoms with Crippen molar-refractivity contribution in [2.45, 2.75) is 45.7 Å². The van der Waals surface area contributed by atoms with Gasteiger partial charge in [0.2, 0.25) is 5.91 Å². The maximum atomic E-state index is 11.8. The molecule has 2 rings (SSSR count). The van der Waals surface area contributed by atoms with Crippen LogP contribution in [0.1, 0.15) is 36.0 Å². The van der Waals surface area contributed by atoms with Gasteiger partial charge in [-0.05, 0) is 38.7 Å². The number of amides is 1. The van der Waals surface area contributed by atoms with Gasteiger partial charge < -0.3 is 10.6 Å². The minimum absolute atomic E-state index is 0.0340. The summed E-state index contributed by atoms with van der Waals surface area (Å²) in [5.74, 6) is 0.150. The van der Waals surface area contributed by atoms with E-state index in [4.69, 9.17) is 0 Å². The van der Waals surface area contributed by atoms with Crippen molar-refractivity contribution in [3.05, 3.63) is 34.9 Å². The fourth-order valence-electron chi connectivity index (χ4n) is 2.55. The van der Waals surface area contributed by atoms with E-state index in [0.717, 1.165) is 32.4 Å². The first-order chi connectivity index (χ1) is 8.65. The second kappa shape index (κ2) is 6.01. The zero-order chi connectivity index (χ0) is 13.0. The van der Waals surface area contributed by atoms with Crippen molar-refractivity contribution >= 4 is 5.91 Å². The number of rotatable bonds is 3. The van der Waals surface area contributed by atoms with Crippen molar-refractivity contribution < 1.29 is 4.79 Å². The van der Waals surface area contributed by atoms with E-state index >= 15 is 0 Å². The lowest BCUT2D eigenvalue weighted by Gasteiger charge is -2.15. The smallest absolute Gasteiger partial charge is 0.237 e. The summed E-state index contributed by atoms with van der Waals surface area (Å²) >= 11 is 0. The summed E-state index contributed by atoms with van der Waals surface area (Å²) in [6.45, 7) is 5.80. The Balaban J connectivity index is 1.95. The third kappa shape index (κ3) is 3.57. The molecule has 2 N–H and O–H groups in total. The molecule has 3 heteroatoms. The quantitative estimate of drug-likeness (QED) is 0.857. The Bertz CT molecular complexity index is 408. The van der Waals surface area contributed by atoms with Gasteiger partial charge in [0.05, 0.1) is 6.04 Å². The number of hydrogen-bond donors (Lipinski definition) is 2. The average molecular weight is 246 g/mol. The van der Waals surface area contributed by atoms with Gasteiger partial charge >= 0.3 is 0 Å². The first-order valence-corrected chi connectivity index (χ1v) is 6.73. The number of aryl methyl sites for hydroxylation is 2. The van der Waals surface area contributed by atoms with Crippen molar-refractivity contribution in [1.82, 2.24) is 10.6 Å². The highest BCUT2D eigenvalue weighted by molar-refractivity contribution is 5.81. The number of nitrogens with one attached hydrogen (secondary N) is 2. The van der Waals surface area contributed by atoms with E-state index in [9.17, 15) is 4.79 Å². The highest BCUT2D eigenvalue weighted by Gasteiger charge is 2.19. The predicted octanol–water partition coefficient (Wildman–Crippen LogP) is 2.06. The van der Waals surface area contributed by atoms with Crippen LogP contribution >= 0.6 is 0 Å². The van der Waals surface area contributed by atoms with E-state index in [1.54, 1.807) is 0 Å². The van der Waals surface area contributed by atoms with Crippen LogP contribution in [0.15, 0.2) is 18.2 Å². The average Bonchev–Trinajstić information content (AvgIpc) is 2.50. The second-order valence-electron chi connectivity index (χ2n) is 5.22. The van der Waals surface area contributed by atoms with Crippen LogP contribution in [0.2, 0.25) is 0 Å². The van der Waals surface area contributed by atoms with Crippen LogP contribution in [0.4, 0.5) is 0 Å². The molecular weight excluding hydrogens is 224 g/mol. The van der Waals surface area contributed by atoms with E-state index in [1.165, 1.54) is 16.7 Å². The Morgan fingerprint density at radius 2 is 1.94 bits per heavy atom. The van der Waals surface area contributed by atoms with Crippen molar-refractivity contribution in [2.24, 2.45) is 0 Å². The highest BCUT2D eigenvalue weighted by atomic mass is 16.2. The SMILES string of the molecule is Cc1cc(C)cc(CNC2CCCCNC2=O)c1. The van der Waals surface area contributed by atoms with E-state index in [2.05, 4.69) is 42.7 Å². The van der Waals surface area contributed by atoms with Gasteiger partial charge in [0.15, 0.2) is 0 Å². The van der Waals surface area contributed by atoms with Gasteiger partial charge in [0.25, 0.3) is 0 Å². The maximum Gasteiger partial charge on any atom is 0.237 e. The topological polar surface area (TPSA) is 41.1 Å². The summed E-state index contributed by atoms with van der Waals surface area (Å²) < 4.78 is 0. The standard InChI is InChI=1S/C15H22N2O/c1-11-7-12(2)9-13(8-11)10-17-14-5-3-4-6-16-15(14)18/h7-9,14,17H,3-6,10H2,1-2H3,(H,16,18). The Morgan fingerprint density at radius 3 is 2.67 bits per heavy atom. The third-order valence-corrected chi connectivity index (χ3v) is 3.37. The number of carbonyl (C=O) groups excluding carboxylic acids is 1. The Kier molecular flexibility index (Phi) is 4.37. The van der Waals surface area contributed by atoms with Gasteiger partial charge in [-0.3, -0.25) is 4.79 Å². The van der Waals surface area contributed by atoms with Crippen LogP contribution in [0.3, 0.4) is 0 Å². The molecule has 0 saturated carbocycles. The minimum Gasteiger partial charge on any atom is -0.355 e. The zero-order valence-corrected chi connectivity index (χ0v) is 11.3. The van der Waals surface area contributed by atoms with Crippen LogP contribution in [0, 0.1) is 13.8 Å². The van der Waals surface area contributed by atoms with Gasteiger partial charge in [0.1, 0.15) is 0 Å². The molecule has 1 atom stereocenters. The molecule has 0 aromatic heterocycles. The molecule has 1 heterocycles. The molecule has 1 aromatic rings. The summed E-state index contributed by atoms with van der Waals surface area (Å²) in [4.78, 5) is 11.8. The van der Waals surface area contributed by atoms with E-state index in [-0.39, 0.29) is 11.9 Å². The van der Waals surface area contributed by atoms with E-state index in [0.29, 0.717) is 0 Å². The summed E-state index contributed by atoms with van der Waals surface area (Å²) in [5.41, 5.74) is 3.80. The lowest BCUT2D eigenvalue weighted by atomic mass is 10.1. The largest absolute Gasteiger partial charge is 0.355 e. The van der Waals surface area contributed by atoms with Crippen molar-refractivity contribution in [1.29, 1.82) is 0 Å². The van der Waals surface area contributed by atoms with Gasteiger partial charge in [-0.25, -0.2) is 0 Å². The molecule has 18 heavy (non-hydrogen) atoms. The van der Waals surface area contributed by atoms with Crippen molar-refractivity contribution in [3.8, 4) is 0 Å². The lowest BCUT2D eigenvalue weighted by molar-refractivity contribution is -0.122. The van der Waals surface area contributed by atoms with Gasteiger partial charge in [-0.1, -0.05) is 29.3 Å². The molecule has 3 nitrogen and oxygen atoms in total. The fourth-order valence-corrected chi connectivity index (χ4v) is 2.55. The zero-order valence-electron chi connectivity index (χ0n) is 11.3. The van der Waals surface area contributed by atoms with Crippen LogP contribution < -0.4 is 10.6 Å². The Morgan fingerprint density at radius 1 is 1.22 bits per heavy atom. The van der Waals surface area contributed by atoms with Crippen LogP contribution in [0.5, 0.6) is 0 Å². The molecule has 0 radical (unpaired) electrons. The van der Waals surface area contributed by atoms with Crippen LogP contribution in [-0.4, -0.2) is 18.5 Å². The molecule has 0 bridgehead atoms. The monoisotopic (exact) mass is 246 g/mol. The molecule has 98 valence electrons. The summed E-state index contributed by atoms with van der Waals surface area (Å²) in [6, 6.07) is 6.48. The third-order valence-electron chi connectivity index (χ3n) is 3.37. The number of hydrogen-bond acceptors (Lipinski definition) is 2. The number of carbonyl (C=O) groups is 1. The van der Waals surface area contributed by atoms with Gasteiger partial charge in [0, 0.05) is 13.1 Å². The molecular formula is C15H22N2O. The summed E-state index contributed by atoms with van der Waals surface area (Å²) in [7, 11) is 0. The maximum absolute atomic E-state index is 11.8. The Labute approximate surface area is 109 Å². The molecule has 0 aliphatic carbocycles. The fraction of sp³-hybridized carbons (Fsp3) is 0.533. The molecule has 1 aliphatic rings. The van der Waals surface area contributed by atoms with Crippen molar-refractivity contribution in [3.63, 3.8) is 0 Å². The predicted molar refractivity (Wildman–Crippen MR) is 73.4 cm³/mol. The van der Waals surface area contributed by atoms with Gasteiger partial charge in [-0.15, -0.1) is 0 Å². The second-order valence-corrected chi connectivity index (χ2v) is 5.22. The lowest BCUT2D eigenvalue weighted by Crippen LogP contribution is -2.42. The minimum atomic E-state index is -0.0340. The molecule has 0 spiro atoms. The molecule has 1 fully saturated rings. The first kappa shape index (κ1) is 13.1. The Hall–Kier alpha value is -1.35.